The molecular formula is C27H27BrClN3O4. The van der Waals surface area contributed by atoms with E-state index < -0.39 is 0 Å². The molecule has 0 unspecified atom stereocenters. The Kier molecular flexibility index (Phi) is 10.8. The van der Waals surface area contributed by atoms with Crippen molar-refractivity contribution in [2.75, 3.05) is 11.9 Å². The standard InChI is InChI=1S/C27H27BrClN3O4/c1-2-35-25-15-20(11-14-24(25)36-18-19-9-12-22(29)13-10-19)17-30-32-27(34)8-4-7-26(33)31-23-6-3-5-21(28)16-23/h3,5-6,9-17H,2,4,7-8,18H2,1H3,(H,31,33)(H,32,34)/b30-17-. The average molecular weight is 573 g/mol. The van der Waals surface area contributed by atoms with E-state index in [4.69, 9.17) is 21.1 Å². The van der Waals surface area contributed by atoms with Gasteiger partial charge in [-0.05, 0) is 73.0 Å². The number of rotatable bonds is 12. The zero-order valence-corrected chi connectivity index (χ0v) is 22.1. The Morgan fingerprint density at radius 3 is 2.50 bits per heavy atom. The monoisotopic (exact) mass is 571 g/mol. The summed E-state index contributed by atoms with van der Waals surface area (Å²) in [4.78, 5) is 24.1. The van der Waals surface area contributed by atoms with E-state index in [2.05, 4.69) is 31.8 Å². The second-order valence-electron chi connectivity index (χ2n) is 7.76. The number of carbonyl (C=O) groups is 2. The fourth-order valence-corrected chi connectivity index (χ4v) is 3.69. The van der Waals surface area contributed by atoms with Gasteiger partial charge in [0.1, 0.15) is 6.61 Å². The van der Waals surface area contributed by atoms with Crippen LogP contribution in [0.3, 0.4) is 0 Å². The van der Waals surface area contributed by atoms with Gasteiger partial charge in [-0.1, -0.05) is 45.7 Å². The fraction of sp³-hybridized carbons (Fsp3) is 0.222. The number of nitrogens with zero attached hydrogens (tertiary/aromatic N) is 1. The summed E-state index contributed by atoms with van der Waals surface area (Å²) in [6, 6.07) is 20.2. The number of hydrogen-bond acceptors (Lipinski definition) is 5. The second kappa shape index (κ2) is 14.3. The van der Waals surface area contributed by atoms with Crippen LogP contribution in [0.1, 0.15) is 37.3 Å². The second-order valence-corrected chi connectivity index (χ2v) is 9.11. The third kappa shape index (κ3) is 9.36. The summed E-state index contributed by atoms with van der Waals surface area (Å²) < 4.78 is 12.5. The van der Waals surface area contributed by atoms with Gasteiger partial charge in [0.15, 0.2) is 11.5 Å². The number of benzene rings is 3. The van der Waals surface area contributed by atoms with E-state index in [1.54, 1.807) is 18.2 Å². The van der Waals surface area contributed by atoms with Gasteiger partial charge in [0.25, 0.3) is 0 Å². The van der Waals surface area contributed by atoms with Crippen LogP contribution >= 0.6 is 27.5 Å². The predicted octanol–water partition coefficient (Wildman–Crippen LogP) is 6.34. The van der Waals surface area contributed by atoms with Gasteiger partial charge in [0.05, 0.1) is 12.8 Å². The highest BCUT2D eigenvalue weighted by molar-refractivity contribution is 9.10. The number of halogens is 2. The summed E-state index contributed by atoms with van der Waals surface area (Å²) >= 11 is 9.29. The van der Waals surface area contributed by atoms with E-state index >= 15 is 0 Å². The smallest absolute Gasteiger partial charge is 0.240 e. The molecule has 2 N–H and O–H groups in total. The Hall–Kier alpha value is -3.36. The SMILES string of the molecule is CCOc1cc(/C=N\NC(=O)CCCC(=O)Nc2cccc(Br)c2)ccc1OCc1ccc(Cl)cc1. The third-order valence-corrected chi connectivity index (χ3v) is 5.64. The zero-order valence-electron chi connectivity index (χ0n) is 19.8. The molecule has 0 radical (unpaired) electrons. The van der Waals surface area contributed by atoms with Gasteiger partial charge < -0.3 is 14.8 Å². The number of nitrogens with one attached hydrogen (secondary N) is 2. The lowest BCUT2D eigenvalue weighted by Crippen LogP contribution is -2.18. The number of ether oxygens (including phenoxy) is 2. The summed E-state index contributed by atoms with van der Waals surface area (Å²) in [7, 11) is 0. The van der Waals surface area contributed by atoms with E-state index in [1.807, 2.05) is 55.5 Å². The van der Waals surface area contributed by atoms with Crippen LogP contribution in [0.2, 0.25) is 5.02 Å². The molecule has 36 heavy (non-hydrogen) atoms. The molecule has 188 valence electrons. The van der Waals surface area contributed by atoms with Gasteiger partial charge in [-0.25, -0.2) is 5.43 Å². The van der Waals surface area contributed by atoms with E-state index in [1.165, 1.54) is 6.21 Å². The maximum absolute atomic E-state index is 12.1. The summed E-state index contributed by atoms with van der Waals surface area (Å²) in [5.41, 5.74) is 4.92. The Morgan fingerprint density at radius 2 is 1.75 bits per heavy atom. The normalized spacial score (nSPS) is 10.8. The van der Waals surface area contributed by atoms with E-state index in [0.29, 0.717) is 41.8 Å². The summed E-state index contributed by atoms with van der Waals surface area (Å²) in [5, 5.41) is 7.49. The van der Waals surface area contributed by atoms with E-state index in [-0.39, 0.29) is 24.7 Å². The first kappa shape index (κ1) is 27.2. The minimum absolute atomic E-state index is 0.147. The van der Waals surface area contributed by atoms with E-state index in [0.717, 1.165) is 15.6 Å². The van der Waals surface area contributed by atoms with Crippen LogP contribution in [-0.4, -0.2) is 24.6 Å². The molecule has 0 aliphatic heterocycles. The van der Waals surface area contributed by atoms with Crippen molar-refractivity contribution in [3.05, 3.63) is 87.4 Å². The van der Waals surface area contributed by atoms with Crippen molar-refractivity contribution in [3.63, 3.8) is 0 Å². The minimum Gasteiger partial charge on any atom is -0.490 e. The average Bonchev–Trinajstić information content (AvgIpc) is 2.85. The molecule has 0 aliphatic carbocycles. The lowest BCUT2D eigenvalue weighted by atomic mass is 10.2. The lowest BCUT2D eigenvalue weighted by molar-refractivity contribution is -0.121. The first-order valence-corrected chi connectivity index (χ1v) is 12.6. The molecule has 0 atom stereocenters. The van der Waals surface area contributed by atoms with Crippen molar-refractivity contribution in [2.45, 2.75) is 32.8 Å². The molecular weight excluding hydrogens is 546 g/mol. The van der Waals surface area contributed by atoms with Crippen LogP contribution in [0.25, 0.3) is 0 Å². The number of hydrogen-bond donors (Lipinski definition) is 2. The minimum atomic E-state index is -0.269. The lowest BCUT2D eigenvalue weighted by Gasteiger charge is -2.12. The summed E-state index contributed by atoms with van der Waals surface area (Å²) in [5.74, 6) is 0.771. The Bertz CT molecular complexity index is 1200. The van der Waals surface area contributed by atoms with Crippen molar-refractivity contribution in [2.24, 2.45) is 5.10 Å². The highest BCUT2D eigenvalue weighted by Gasteiger charge is 2.08. The Balaban J connectivity index is 1.44. The Morgan fingerprint density at radius 1 is 0.972 bits per heavy atom. The molecule has 3 aromatic rings. The first-order chi connectivity index (χ1) is 17.4. The van der Waals surface area contributed by atoms with Gasteiger partial charge in [0, 0.05) is 28.0 Å². The van der Waals surface area contributed by atoms with Gasteiger partial charge in [0.2, 0.25) is 11.8 Å². The highest BCUT2D eigenvalue weighted by Crippen LogP contribution is 2.29. The molecule has 0 saturated heterocycles. The van der Waals surface area contributed by atoms with Crippen LogP contribution in [-0.2, 0) is 16.2 Å². The largest absolute Gasteiger partial charge is 0.490 e. The van der Waals surface area contributed by atoms with E-state index in [9.17, 15) is 9.59 Å². The molecule has 3 rings (SSSR count). The highest BCUT2D eigenvalue weighted by atomic mass is 79.9. The van der Waals surface area contributed by atoms with Gasteiger partial charge in [-0.15, -0.1) is 0 Å². The van der Waals surface area contributed by atoms with Crippen LogP contribution in [0.5, 0.6) is 11.5 Å². The number of amides is 2. The molecule has 2 amide bonds. The quantitative estimate of drug-likeness (QED) is 0.196. The first-order valence-electron chi connectivity index (χ1n) is 11.4. The predicted molar refractivity (Wildman–Crippen MR) is 146 cm³/mol. The van der Waals surface area contributed by atoms with Crippen molar-refractivity contribution in [3.8, 4) is 11.5 Å². The number of anilines is 1. The van der Waals surface area contributed by atoms with Crippen LogP contribution in [0, 0.1) is 0 Å². The molecule has 0 aromatic heterocycles. The molecule has 0 fully saturated rings. The molecule has 7 nitrogen and oxygen atoms in total. The zero-order chi connectivity index (χ0) is 25.8. The van der Waals surface area contributed by atoms with Crippen LogP contribution in [0.15, 0.2) is 76.3 Å². The number of carbonyl (C=O) groups excluding carboxylic acids is 2. The maximum atomic E-state index is 12.1. The van der Waals surface area contributed by atoms with Crippen molar-refractivity contribution in [1.29, 1.82) is 0 Å². The van der Waals surface area contributed by atoms with Gasteiger partial charge >= 0.3 is 0 Å². The summed E-state index contributed by atoms with van der Waals surface area (Å²) in [6.45, 7) is 2.74. The number of hydrazone groups is 1. The molecule has 0 aliphatic rings. The topological polar surface area (TPSA) is 89.0 Å². The molecule has 0 heterocycles. The molecule has 0 saturated carbocycles. The maximum Gasteiger partial charge on any atom is 0.240 e. The van der Waals surface area contributed by atoms with Crippen molar-refractivity contribution < 1.29 is 19.1 Å². The van der Waals surface area contributed by atoms with Crippen molar-refractivity contribution >= 4 is 51.2 Å². The molecule has 3 aromatic carbocycles. The van der Waals surface area contributed by atoms with Gasteiger partial charge in [-0.3, -0.25) is 9.59 Å². The molecule has 9 heteroatoms. The van der Waals surface area contributed by atoms with Crippen LogP contribution < -0.4 is 20.2 Å². The van der Waals surface area contributed by atoms with Crippen molar-refractivity contribution in [1.82, 2.24) is 5.43 Å². The fourth-order valence-electron chi connectivity index (χ4n) is 3.17. The van der Waals surface area contributed by atoms with Crippen LogP contribution in [0.4, 0.5) is 5.69 Å². The molecule has 0 bridgehead atoms. The Labute approximate surface area is 224 Å². The van der Waals surface area contributed by atoms with Gasteiger partial charge in [-0.2, -0.15) is 5.10 Å². The summed E-state index contributed by atoms with van der Waals surface area (Å²) in [6.07, 6.45) is 2.36. The third-order valence-electron chi connectivity index (χ3n) is 4.89. The molecule has 0 spiro atoms.